The number of hydrogen-bond donors (Lipinski definition) is 3. The number of sulfone groups is 1. The van der Waals surface area contributed by atoms with Crippen LogP contribution < -0.4 is 9.47 Å². The molecule has 2 aliphatic rings. The SMILES string of the molecule is CCC(CC)(OC1=CC=C(Oc2ccc(S(=O)(=O)c3ccc(C(C)(C)OC4=CC(C)(S(=O)(=O)O)C=C(Oc5cccc(Cl)c5C#N)C=C4)c(S(=O)(=O)O)c3)cc2S(=O)(=O)O)CC1)c1cccc(Cl)c1C#N. The van der Waals surface area contributed by atoms with Gasteiger partial charge >= 0.3 is 0 Å². The zero-order chi connectivity index (χ0) is 52.5. The molecule has 4 aromatic carbocycles. The van der Waals surface area contributed by atoms with Gasteiger partial charge in [-0.05, 0) is 119 Å². The molecule has 0 heterocycles. The number of ether oxygens (including phenoxy) is 4. The third kappa shape index (κ3) is 11.5. The van der Waals surface area contributed by atoms with Gasteiger partial charge in [-0.3, -0.25) is 13.7 Å². The number of allylic oxidation sites excluding steroid dienone is 6. The maximum Gasteiger partial charge on any atom is 0.298 e. The fraction of sp³-hybridized carbons (Fsp3) is 0.250. The highest BCUT2D eigenvalue weighted by atomic mass is 35.5. The van der Waals surface area contributed by atoms with E-state index in [1.807, 2.05) is 19.9 Å². The molecule has 0 amide bonds. The molecule has 0 aromatic heterocycles. The molecule has 374 valence electrons. The maximum atomic E-state index is 14.1. The van der Waals surface area contributed by atoms with Crippen LogP contribution in [0.3, 0.4) is 0 Å². The second kappa shape index (κ2) is 20.3. The highest BCUT2D eigenvalue weighted by Gasteiger charge is 2.40. The summed E-state index contributed by atoms with van der Waals surface area (Å²) >= 11 is 12.5. The molecular weight excluding hydrogens is 1040 g/mol. The molecule has 23 heteroatoms. The van der Waals surface area contributed by atoms with E-state index in [1.54, 1.807) is 24.3 Å². The van der Waals surface area contributed by atoms with Crippen molar-refractivity contribution in [3.05, 3.63) is 165 Å². The van der Waals surface area contributed by atoms with E-state index in [0.717, 1.165) is 43.3 Å². The molecule has 71 heavy (non-hydrogen) atoms. The molecule has 0 saturated carbocycles. The summed E-state index contributed by atoms with van der Waals surface area (Å²) in [5.74, 6) is -0.252. The molecule has 2 aliphatic carbocycles. The second-order valence-corrected chi connectivity index (χ2v) is 24.1. The van der Waals surface area contributed by atoms with Crippen LogP contribution in [0, 0.1) is 22.7 Å². The average molecular weight is 1090 g/mol. The lowest BCUT2D eigenvalue weighted by Crippen LogP contribution is -2.32. The van der Waals surface area contributed by atoms with E-state index in [0.29, 0.717) is 36.3 Å². The number of nitriles is 2. The van der Waals surface area contributed by atoms with Crippen LogP contribution in [0.2, 0.25) is 10.0 Å². The third-order valence-electron chi connectivity index (χ3n) is 11.6. The minimum atomic E-state index is -5.30. The Morgan fingerprint density at radius 2 is 1.18 bits per heavy atom. The monoisotopic (exact) mass is 1090 g/mol. The maximum absolute atomic E-state index is 14.1. The summed E-state index contributed by atoms with van der Waals surface area (Å²) in [5, 5.41) is 19.8. The van der Waals surface area contributed by atoms with Gasteiger partial charge in [0.05, 0.1) is 31.2 Å². The van der Waals surface area contributed by atoms with E-state index in [-0.39, 0.29) is 62.6 Å². The normalized spacial score (nSPS) is 16.8. The van der Waals surface area contributed by atoms with Gasteiger partial charge in [-0.2, -0.15) is 35.8 Å². The molecule has 17 nitrogen and oxygen atoms in total. The first kappa shape index (κ1) is 54.4. The summed E-state index contributed by atoms with van der Waals surface area (Å²) in [6.07, 6.45) is 8.92. The van der Waals surface area contributed by atoms with E-state index in [2.05, 4.69) is 6.07 Å². The van der Waals surface area contributed by atoms with E-state index in [4.69, 9.17) is 42.1 Å². The quantitative estimate of drug-likeness (QED) is 0.0829. The molecule has 1 unspecified atom stereocenters. The van der Waals surface area contributed by atoms with Gasteiger partial charge in [0.1, 0.15) is 72.2 Å². The van der Waals surface area contributed by atoms with Gasteiger partial charge in [0.2, 0.25) is 9.84 Å². The van der Waals surface area contributed by atoms with Crippen LogP contribution >= 0.6 is 23.2 Å². The minimum absolute atomic E-state index is 0.0386. The van der Waals surface area contributed by atoms with E-state index in [1.165, 1.54) is 50.3 Å². The minimum Gasteiger partial charge on any atom is -0.487 e. The summed E-state index contributed by atoms with van der Waals surface area (Å²) in [7, 11) is -20.4. The molecule has 0 radical (unpaired) electrons. The molecule has 0 bridgehead atoms. The number of hydrogen-bond acceptors (Lipinski definition) is 14. The Kier molecular flexibility index (Phi) is 15.5. The molecule has 0 aliphatic heterocycles. The summed E-state index contributed by atoms with van der Waals surface area (Å²) in [6, 6.07) is 18.6. The highest BCUT2D eigenvalue weighted by Crippen LogP contribution is 2.42. The number of rotatable bonds is 17. The Labute approximate surface area is 421 Å². The first-order valence-electron chi connectivity index (χ1n) is 21.1. The Bertz CT molecular complexity index is 3550. The summed E-state index contributed by atoms with van der Waals surface area (Å²) in [5.41, 5.74) is -2.29. The van der Waals surface area contributed by atoms with Crippen LogP contribution in [-0.4, -0.2) is 52.1 Å². The lowest BCUT2D eigenvalue weighted by atomic mass is 9.85. The highest BCUT2D eigenvalue weighted by molar-refractivity contribution is 7.91. The van der Waals surface area contributed by atoms with E-state index in [9.17, 15) is 57.9 Å². The van der Waals surface area contributed by atoms with Crippen LogP contribution in [0.25, 0.3) is 0 Å². The lowest BCUT2D eigenvalue weighted by Gasteiger charge is -2.36. The van der Waals surface area contributed by atoms with Crippen molar-refractivity contribution in [3.8, 4) is 23.6 Å². The van der Waals surface area contributed by atoms with Gasteiger partial charge in [0, 0.05) is 24.0 Å². The van der Waals surface area contributed by atoms with Crippen molar-refractivity contribution in [2.45, 2.75) is 95.8 Å². The summed E-state index contributed by atoms with van der Waals surface area (Å²) in [4.78, 5) is -3.41. The van der Waals surface area contributed by atoms with Crippen LogP contribution in [0.1, 0.15) is 82.6 Å². The van der Waals surface area contributed by atoms with Crippen molar-refractivity contribution in [1.82, 2.24) is 0 Å². The van der Waals surface area contributed by atoms with Crippen molar-refractivity contribution < 1.29 is 66.3 Å². The predicted octanol–water partition coefficient (Wildman–Crippen LogP) is 10.1. The van der Waals surface area contributed by atoms with Crippen LogP contribution in [0.15, 0.2) is 152 Å². The fourth-order valence-corrected chi connectivity index (χ4v) is 11.7. The molecular formula is C48H44Cl2N2O15S4. The molecule has 0 fully saturated rings. The lowest BCUT2D eigenvalue weighted by molar-refractivity contribution is -0.0153. The van der Waals surface area contributed by atoms with Crippen molar-refractivity contribution >= 4 is 63.4 Å². The van der Waals surface area contributed by atoms with Crippen LogP contribution in [0.4, 0.5) is 0 Å². The standard InChI is InChI=1S/C48H44Cl2N2O15S4/c1-6-48(7-2,38-10-8-11-40(49)36(38)28-51)67-31-16-14-30(15-17-31)64-43-23-21-35(25-45(43)70(58,59)60)68(53,54)34-20-22-39(44(24-34)69(55,56)57)46(3,4)66-33-19-18-32(26-47(5,27-33)71(61,62)63)65-42-13-9-12-41(50)37(42)29-52/h8-14,16,18-27H,6-7,15,17H2,1-5H3,(H,55,56,57)(H,58,59,60)(H,61,62,63). The van der Waals surface area contributed by atoms with Crippen molar-refractivity contribution in [2.75, 3.05) is 0 Å². The summed E-state index contributed by atoms with van der Waals surface area (Å²) < 4.78 is 158. The largest absolute Gasteiger partial charge is 0.487 e. The number of halogens is 2. The third-order valence-corrected chi connectivity index (χ3v) is 17.1. The summed E-state index contributed by atoms with van der Waals surface area (Å²) in [6.45, 7) is 7.52. The smallest absolute Gasteiger partial charge is 0.298 e. The predicted molar refractivity (Wildman–Crippen MR) is 260 cm³/mol. The van der Waals surface area contributed by atoms with E-state index < -0.39 is 81.5 Å². The van der Waals surface area contributed by atoms with Crippen molar-refractivity contribution in [2.24, 2.45) is 0 Å². The van der Waals surface area contributed by atoms with Gasteiger partial charge in [0.15, 0.2) is 0 Å². The Morgan fingerprint density at radius 1 is 0.648 bits per heavy atom. The van der Waals surface area contributed by atoms with Crippen molar-refractivity contribution in [3.63, 3.8) is 0 Å². The number of benzene rings is 4. The average Bonchev–Trinajstić information content (AvgIpc) is 3.45. The zero-order valence-electron chi connectivity index (χ0n) is 38.2. The van der Waals surface area contributed by atoms with E-state index >= 15 is 0 Å². The van der Waals surface area contributed by atoms with Gasteiger partial charge < -0.3 is 18.9 Å². The van der Waals surface area contributed by atoms with Gasteiger partial charge in [0.25, 0.3) is 30.4 Å². The van der Waals surface area contributed by atoms with Crippen LogP contribution in [0.5, 0.6) is 11.5 Å². The van der Waals surface area contributed by atoms with Gasteiger partial charge in [-0.25, -0.2) is 8.42 Å². The van der Waals surface area contributed by atoms with Crippen LogP contribution in [-0.2, 0) is 60.9 Å². The molecule has 4 aromatic rings. The van der Waals surface area contributed by atoms with Crippen molar-refractivity contribution in [1.29, 1.82) is 10.5 Å². The first-order valence-corrected chi connectivity index (χ1v) is 27.7. The first-order chi connectivity index (χ1) is 33.0. The Morgan fingerprint density at radius 3 is 1.75 bits per heavy atom. The Balaban J connectivity index is 1.30. The molecule has 1 atom stereocenters. The molecule has 0 saturated heterocycles. The van der Waals surface area contributed by atoms with Gasteiger partial charge in [-0.1, -0.05) is 61.3 Å². The number of nitrogens with zero attached hydrogens (tertiary/aromatic N) is 2. The zero-order valence-corrected chi connectivity index (χ0v) is 43.0. The topological polar surface area (TPSA) is 282 Å². The second-order valence-electron chi connectivity index (χ2n) is 16.7. The Hall–Kier alpha value is -5.98. The van der Waals surface area contributed by atoms with Gasteiger partial charge in [-0.15, -0.1) is 0 Å². The molecule has 0 spiro atoms. The molecule has 3 N–H and O–H groups in total. The fourth-order valence-electron chi connectivity index (χ4n) is 7.78. The molecule has 6 rings (SSSR count).